The van der Waals surface area contributed by atoms with Gasteiger partial charge < -0.3 is 14.4 Å². The fourth-order valence-corrected chi connectivity index (χ4v) is 2.56. The minimum atomic E-state index is -0.497. The number of halogens is 1. The number of carbonyl (C=O) groups excluding carboxylic acids is 2. The second-order valence-corrected chi connectivity index (χ2v) is 6.24. The first kappa shape index (κ1) is 16.3. The molecule has 0 spiro atoms. The van der Waals surface area contributed by atoms with Gasteiger partial charge in [0.1, 0.15) is 11.5 Å². The summed E-state index contributed by atoms with van der Waals surface area (Å²) in [6.07, 6.45) is 1.18. The Kier molecular flexibility index (Phi) is 4.40. The number of benzene rings is 2. The standard InChI is InChI=1S/C18H14BrNO4/c1-20(2)18(22)23-12-7-8-13-15(10-12)24-16(17(13)21)9-11-5-3-4-6-14(11)19/h3-10H,1-2H3/b16-9-. The lowest BCUT2D eigenvalue weighted by Gasteiger charge is -2.10. The first-order valence-electron chi connectivity index (χ1n) is 7.17. The van der Waals surface area contributed by atoms with Crippen molar-refractivity contribution in [1.29, 1.82) is 0 Å². The SMILES string of the molecule is CN(C)C(=O)Oc1ccc2c(c1)O/C(=C\c1ccccc1Br)C2=O. The number of ketones is 1. The van der Waals surface area contributed by atoms with Crippen molar-refractivity contribution in [3.8, 4) is 11.5 Å². The van der Waals surface area contributed by atoms with E-state index in [1.807, 2.05) is 24.3 Å². The molecule has 0 aromatic heterocycles. The zero-order chi connectivity index (χ0) is 17.3. The molecule has 0 aliphatic carbocycles. The van der Waals surface area contributed by atoms with E-state index >= 15 is 0 Å². The molecule has 0 bridgehead atoms. The van der Waals surface area contributed by atoms with Crippen molar-refractivity contribution in [2.24, 2.45) is 0 Å². The third-order valence-corrected chi connectivity index (χ3v) is 4.13. The van der Waals surface area contributed by atoms with Crippen LogP contribution in [0.3, 0.4) is 0 Å². The summed E-state index contributed by atoms with van der Waals surface area (Å²) in [5, 5.41) is 0. The van der Waals surface area contributed by atoms with E-state index in [9.17, 15) is 9.59 Å². The fourth-order valence-electron chi connectivity index (χ4n) is 2.16. The summed E-state index contributed by atoms with van der Waals surface area (Å²) in [7, 11) is 3.18. The van der Waals surface area contributed by atoms with Crippen LogP contribution in [0.25, 0.3) is 6.08 Å². The van der Waals surface area contributed by atoms with Crippen LogP contribution in [0.4, 0.5) is 4.79 Å². The molecule has 5 nitrogen and oxygen atoms in total. The van der Waals surface area contributed by atoms with Gasteiger partial charge in [0.05, 0.1) is 5.56 Å². The molecule has 122 valence electrons. The number of hydrogen-bond acceptors (Lipinski definition) is 4. The van der Waals surface area contributed by atoms with E-state index in [1.54, 1.807) is 32.3 Å². The predicted molar refractivity (Wildman–Crippen MR) is 93.2 cm³/mol. The van der Waals surface area contributed by atoms with Gasteiger partial charge in [-0.3, -0.25) is 4.79 Å². The van der Waals surface area contributed by atoms with Crippen LogP contribution in [-0.4, -0.2) is 30.9 Å². The minimum absolute atomic E-state index is 0.203. The molecule has 0 fully saturated rings. The average molecular weight is 388 g/mol. The van der Waals surface area contributed by atoms with Crippen LogP contribution in [0.15, 0.2) is 52.7 Å². The van der Waals surface area contributed by atoms with Gasteiger partial charge >= 0.3 is 6.09 Å². The molecule has 1 amide bonds. The van der Waals surface area contributed by atoms with Crippen molar-refractivity contribution in [2.75, 3.05) is 14.1 Å². The van der Waals surface area contributed by atoms with Crippen molar-refractivity contribution < 1.29 is 19.1 Å². The summed E-state index contributed by atoms with van der Waals surface area (Å²) < 4.78 is 11.7. The van der Waals surface area contributed by atoms with Gasteiger partial charge in [-0.05, 0) is 29.8 Å². The van der Waals surface area contributed by atoms with E-state index in [1.165, 1.54) is 11.0 Å². The molecule has 0 saturated carbocycles. The maximum absolute atomic E-state index is 12.4. The zero-order valence-corrected chi connectivity index (χ0v) is 14.7. The van der Waals surface area contributed by atoms with Gasteiger partial charge in [-0.1, -0.05) is 34.1 Å². The van der Waals surface area contributed by atoms with Crippen LogP contribution in [0.2, 0.25) is 0 Å². The number of carbonyl (C=O) groups is 2. The van der Waals surface area contributed by atoms with E-state index in [0.29, 0.717) is 17.1 Å². The summed E-state index contributed by atoms with van der Waals surface area (Å²) in [4.78, 5) is 25.3. The molecular weight excluding hydrogens is 374 g/mol. The van der Waals surface area contributed by atoms with Gasteiger partial charge in [-0.15, -0.1) is 0 Å². The summed E-state index contributed by atoms with van der Waals surface area (Å²) in [5.74, 6) is 0.726. The Morgan fingerprint density at radius 2 is 1.96 bits per heavy atom. The van der Waals surface area contributed by atoms with Crippen LogP contribution in [0.1, 0.15) is 15.9 Å². The molecule has 0 atom stereocenters. The molecule has 0 unspecified atom stereocenters. The summed E-state index contributed by atoms with van der Waals surface area (Å²) >= 11 is 3.44. The Balaban J connectivity index is 1.88. The number of ether oxygens (including phenoxy) is 2. The van der Waals surface area contributed by atoms with Gasteiger partial charge in [0.15, 0.2) is 5.76 Å². The van der Waals surface area contributed by atoms with E-state index < -0.39 is 6.09 Å². The number of allylic oxidation sites excluding steroid dienone is 1. The van der Waals surface area contributed by atoms with E-state index in [4.69, 9.17) is 9.47 Å². The van der Waals surface area contributed by atoms with Crippen molar-refractivity contribution in [3.05, 3.63) is 63.8 Å². The highest BCUT2D eigenvalue weighted by atomic mass is 79.9. The van der Waals surface area contributed by atoms with Crippen molar-refractivity contribution in [1.82, 2.24) is 4.90 Å². The quantitative estimate of drug-likeness (QED) is 0.727. The second kappa shape index (κ2) is 6.49. The second-order valence-electron chi connectivity index (χ2n) is 5.38. The molecule has 0 saturated heterocycles. The van der Waals surface area contributed by atoms with Gasteiger partial charge in [-0.25, -0.2) is 4.79 Å². The molecule has 1 aliphatic heterocycles. The highest BCUT2D eigenvalue weighted by Gasteiger charge is 2.28. The van der Waals surface area contributed by atoms with E-state index in [2.05, 4.69) is 15.9 Å². The van der Waals surface area contributed by atoms with Crippen LogP contribution in [0, 0.1) is 0 Å². The lowest BCUT2D eigenvalue weighted by molar-refractivity contribution is 0.101. The number of rotatable bonds is 2. The Labute approximate surface area is 147 Å². The van der Waals surface area contributed by atoms with Crippen LogP contribution < -0.4 is 9.47 Å². The topological polar surface area (TPSA) is 55.8 Å². The molecule has 2 aromatic rings. The number of hydrogen-bond donors (Lipinski definition) is 0. The summed E-state index contributed by atoms with van der Waals surface area (Å²) in [6, 6.07) is 12.2. The molecule has 24 heavy (non-hydrogen) atoms. The van der Waals surface area contributed by atoms with Gasteiger partial charge in [0.25, 0.3) is 0 Å². The van der Waals surface area contributed by atoms with Crippen molar-refractivity contribution in [3.63, 3.8) is 0 Å². The lowest BCUT2D eigenvalue weighted by Crippen LogP contribution is -2.25. The monoisotopic (exact) mass is 387 g/mol. The molecule has 0 radical (unpaired) electrons. The normalized spacial score (nSPS) is 14.3. The number of fused-ring (bicyclic) bond motifs is 1. The maximum atomic E-state index is 12.4. The third kappa shape index (κ3) is 3.19. The number of nitrogens with zero attached hydrogens (tertiary/aromatic N) is 1. The third-order valence-electron chi connectivity index (χ3n) is 3.40. The van der Waals surface area contributed by atoms with E-state index in [-0.39, 0.29) is 11.5 Å². The van der Waals surface area contributed by atoms with Gasteiger partial charge in [0.2, 0.25) is 5.78 Å². The number of Topliss-reactive ketones (excluding diaryl/α,β-unsaturated/α-hetero) is 1. The Morgan fingerprint density at radius 1 is 1.21 bits per heavy atom. The molecule has 6 heteroatoms. The molecule has 2 aromatic carbocycles. The van der Waals surface area contributed by atoms with Crippen LogP contribution >= 0.6 is 15.9 Å². The summed E-state index contributed by atoms with van der Waals surface area (Å²) in [6.45, 7) is 0. The van der Waals surface area contributed by atoms with Crippen LogP contribution in [-0.2, 0) is 0 Å². The smallest absolute Gasteiger partial charge is 0.414 e. The zero-order valence-electron chi connectivity index (χ0n) is 13.1. The molecule has 1 aliphatic rings. The first-order valence-corrected chi connectivity index (χ1v) is 7.97. The van der Waals surface area contributed by atoms with Crippen molar-refractivity contribution in [2.45, 2.75) is 0 Å². The van der Waals surface area contributed by atoms with E-state index in [0.717, 1.165) is 10.0 Å². The lowest BCUT2D eigenvalue weighted by atomic mass is 10.1. The fraction of sp³-hybridized carbons (Fsp3) is 0.111. The maximum Gasteiger partial charge on any atom is 0.414 e. The highest BCUT2D eigenvalue weighted by Crippen LogP contribution is 2.35. The Hall–Kier alpha value is -2.60. The van der Waals surface area contributed by atoms with Gasteiger partial charge in [0, 0.05) is 24.6 Å². The number of amides is 1. The highest BCUT2D eigenvalue weighted by molar-refractivity contribution is 9.10. The van der Waals surface area contributed by atoms with Gasteiger partial charge in [-0.2, -0.15) is 0 Å². The minimum Gasteiger partial charge on any atom is -0.452 e. The summed E-state index contributed by atoms with van der Waals surface area (Å²) in [5.41, 5.74) is 1.28. The Morgan fingerprint density at radius 3 is 2.67 bits per heavy atom. The van der Waals surface area contributed by atoms with Crippen molar-refractivity contribution >= 4 is 33.9 Å². The largest absolute Gasteiger partial charge is 0.452 e. The first-order chi connectivity index (χ1) is 11.5. The molecular formula is C18H14BrNO4. The molecule has 1 heterocycles. The predicted octanol–water partition coefficient (Wildman–Crippen LogP) is 4.13. The molecule has 0 N–H and O–H groups in total. The average Bonchev–Trinajstić information content (AvgIpc) is 2.85. The van der Waals surface area contributed by atoms with Crippen LogP contribution in [0.5, 0.6) is 11.5 Å². The Bertz CT molecular complexity index is 858. The molecule has 3 rings (SSSR count).